The lowest BCUT2D eigenvalue weighted by molar-refractivity contribution is 0.295. The van der Waals surface area contributed by atoms with Gasteiger partial charge in [-0.3, -0.25) is 9.78 Å². The molecule has 0 saturated carbocycles. The fourth-order valence-corrected chi connectivity index (χ4v) is 3.33. The second kappa shape index (κ2) is 9.38. The number of hydrogen-bond acceptors (Lipinski definition) is 6. The van der Waals surface area contributed by atoms with Crippen LogP contribution in [0, 0.1) is 5.82 Å². The number of benzene rings is 1. The maximum atomic E-state index is 13.3. The van der Waals surface area contributed by atoms with E-state index < -0.39 is 5.82 Å². The SMILES string of the molecule is O=c1[nH]c(COc2ccc(F)c(Cl)c2)nc2c(CNCc3ccnc(Cl)c3)nccc12. The van der Waals surface area contributed by atoms with Crippen LogP contribution in [0.3, 0.4) is 0 Å². The summed E-state index contributed by atoms with van der Waals surface area (Å²) in [6.07, 6.45) is 3.20. The third-order valence-electron chi connectivity index (χ3n) is 4.43. The van der Waals surface area contributed by atoms with Gasteiger partial charge in [-0.1, -0.05) is 23.2 Å². The molecule has 1 aromatic carbocycles. The Hall–Kier alpha value is -3.07. The molecule has 0 saturated heterocycles. The second-order valence-corrected chi connectivity index (χ2v) is 7.42. The molecule has 3 aromatic heterocycles. The monoisotopic (exact) mass is 459 g/mol. The van der Waals surface area contributed by atoms with E-state index in [4.69, 9.17) is 27.9 Å². The molecule has 0 atom stereocenters. The molecule has 0 aliphatic rings. The first-order chi connectivity index (χ1) is 15.0. The van der Waals surface area contributed by atoms with Gasteiger partial charge in [0, 0.05) is 31.5 Å². The highest BCUT2D eigenvalue weighted by molar-refractivity contribution is 6.30. The zero-order valence-electron chi connectivity index (χ0n) is 16.0. The van der Waals surface area contributed by atoms with Crippen LogP contribution in [0.2, 0.25) is 10.2 Å². The van der Waals surface area contributed by atoms with E-state index in [1.165, 1.54) is 18.2 Å². The average molecular weight is 460 g/mol. The maximum absolute atomic E-state index is 13.3. The number of hydrogen-bond donors (Lipinski definition) is 2. The van der Waals surface area contributed by atoms with Crippen molar-refractivity contribution in [3.05, 3.63) is 92.2 Å². The number of nitrogens with one attached hydrogen (secondary N) is 2. The van der Waals surface area contributed by atoms with Gasteiger partial charge in [0.25, 0.3) is 5.56 Å². The molecule has 0 spiro atoms. The third-order valence-corrected chi connectivity index (χ3v) is 4.92. The molecule has 0 unspecified atom stereocenters. The van der Waals surface area contributed by atoms with Gasteiger partial charge in [-0.05, 0) is 35.9 Å². The van der Waals surface area contributed by atoms with Crippen molar-refractivity contribution >= 4 is 34.1 Å². The molecule has 31 heavy (non-hydrogen) atoms. The molecule has 158 valence electrons. The average Bonchev–Trinajstić information content (AvgIpc) is 2.75. The van der Waals surface area contributed by atoms with Crippen molar-refractivity contribution in [3.63, 3.8) is 0 Å². The van der Waals surface area contributed by atoms with Gasteiger partial charge in [0.2, 0.25) is 0 Å². The Balaban J connectivity index is 1.52. The second-order valence-electron chi connectivity index (χ2n) is 6.62. The smallest absolute Gasteiger partial charge is 0.258 e. The van der Waals surface area contributed by atoms with E-state index in [2.05, 4.69) is 25.3 Å². The van der Waals surface area contributed by atoms with E-state index >= 15 is 0 Å². The number of ether oxygens (including phenoxy) is 1. The topological polar surface area (TPSA) is 92.8 Å². The van der Waals surface area contributed by atoms with Gasteiger partial charge in [0.15, 0.2) is 0 Å². The molecule has 4 aromatic rings. The van der Waals surface area contributed by atoms with Crippen molar-refractivity contribution in [2.75, 3.05) is 0 Å². The number of aromatic amines is 1. The predicted octanol–water partition coefficient (Wildman–Crippen LogP) is 4.03. The van der Waals surface area contributed by atoms with Gasteiger partial charge in [-0.2, -0.15) is 0 Å². The van der Waals surface area contributed by atoms with Gasteiger partial charge < -0.3 is 15.0 Å². The molecule has 2 N–H and O–H groups in total. The first kappa shape index (κ1) is 21.2. The minimum atomic E-state index is -0.538. The molecule has 0 fully saturated rings. The number of pyridine rings is 2. The van der Waals surface area contributed by atoms with Crippen LogP contribution < -0.4 is 15.6 Å². The Morgan fingerprint density at radius 3 is 2.71 bits per heavy atom. The van der Waals surface area contributed by atoms with E-state index in [0.29, 0.717) is 46.4 Å². The molecule has 7 nitrogen and oxygen atoms in total. The maximum Gasteiger partial charge on any atom is 0.258 e. The molecular weight excluding hydrogens is 444 g/mol. The molecule has 10 heteroatoms. The first-order valence-corrected chi connectivity index (χ1v) is 10.0. The molecule has 0 aliphatic heterocycles. The number of halogens is 3. The molecule has 4 rings (SSSR count). The highest BCUT2D eigenvalue weighted by atomic mass is 35.5. The van der Waals surface area contributed by atoms with Gasteiger partial charge in [0.1, 0.15) is 34.7 Å². The molecule has 0 amide bonds. The third kappa shape index (κ3) is 5.16. The zero-order chi connectivity index (χ0) is 21.8. The number of fused-ring (bicyclic) bond motifs is 1. The Labute approximate surface area is 186 Å². The minimum absolute atomic E-state index is 0.0234. The summed E-state index contributed by atoms with van der Waals surface area (Å²) in [5, 5.41) is 4.06. The zero-order valence-corrected chi connectivity index (χ0v) is 17.5. The lowest BCUT2D eigenvalue weighted by Crippen LogP contribution is -2.18. The minimum Gasteiger partial charge on any atom is -0.486 e. The van der Waals surface area contributed by atoms with E-state index in [1.54, 1.807) is 24.5 Å². The van der Waals surface area contributed by atoms with Crippen LogP contribution >= 0.6 is 23.2 Å². The normalized spacial score (nSPS) is 11.1. The molecular formula is C21H16Cl2FN5O2. The summed E-state index contributed by atoms with van der Waals surface area (Å²) in [6.45, 7) is 0.914. The number of H-pyrrole nitrogens is 1. The Morgan fingerprint density at radius 1 is 1.06 bits per heavy atom. The standard InChI is InChI=1S/C21H16Cl2FN5O2/c22-15-8-13(1-2-16(15)24)31-11-19-28-20-14(21(30)29-19)4-6-26-17(20)10-25-9-12-3-5-27-18(23)7-12/h1-8,25H,9-11H2,(H,28,29,30). The quantitative estimate of drug-likeness (QED) is 0.405. The van der Waals surface area contributed by atoms with Crippen LogP contribution in [0.5, 0.6) is 5.75 Å². The van der Waals surface area contributed by atoms with E-state index in [-0.39, 0.29) is 17.2 Å². The molecule has 3 heterocycles. The molecule has 0 radical (unpaired) electrons. The van der Waals surface area contributed by atoms with Crippen LogP contribution in [0.25, 0.3) is 10.9 Å². The predicted molar refractivity (Wildman–Crippen MR) is 116 cm³/mol. The van der Waals surface area contributed by atoms with Gasteiger partial charge in [-0.25, -0.2) is 14.4 Å². The lowest BCUT2D eigenvalue weighted by Gasteiger charge is -2.10. The first-order valence-electron chi connectivity index (χ1n) is 9.25. The molecule has 0 aliphatic carbocycles. The lowest BCUT2D eigenvalue weighted by atomic mass is 10.2. The summed E-state index contributed by atoms with van der Waals surface area (Å²) in [5.41, 5.74) is 1.76. The van der Waals surface area contributed by atoms with Gasteiger partial charge >= 0.3 is 0 Å². The fourth-order valence-electron chi connectivity index (χ4n) is 2.96. The van der Waals surface area contributed by atoms with E-state index in [9.17, 15) is 9.18 Å². The Bertz CT molecular complexity index is 1300. The van der Waals surface area contributed by atoms with Crippen molar-refractivity contribution in [3.8, 4) is 5.75 Å². The summed E-state index contributed by atoms with van der Waals surface area (Å²) >= 11 is 11.7. The van der Waals surface area contributed by atoms with Crippen LogP contribution in [0.15, 0.2) is 53.6 Å². The van der Waals surface area contributed by atoms with Crippen LogP contribution in [-0.4, -0.2) is 19.9 Å². The summed E-state index contributed by atoms with van der Waals surface area (Å²) in [4.78, 5) is 28.0. The summed E-state index contributed by atoms with van der Waals surface area (Å²) in [7, 11) is 0. The van der Waals surface area contributed by atoms with Crippen LogP contribution in [0.1, 0.15) is 17.1 Å². The van der Waals surface area contributed by atoms with Crippen molar-refractivity contribution < 1.29 is 9.13 Å². The Kier molecular flexibility index (Phi) is 6.41. The van der Waals surface area contributed by atoms with Gasteiger partial charge in [-0.15, -0.1) is 0 Å². The van der Waals surface area contributed by atoms with Gasteiger partial charge in [0.05, 0.1) is 16.1 Å². The number of nitrogens with zero attached hydrogens (tertiary/aromatic N) is 3. The van der Waals surface area contributed by atoms with Crippen LogP contribution in [-0.2, 0) is 19.7 Å². The highest BCUT2D eigenvalue weighted by Gasteiger charge is 2.11. The fraction of sp³-hybridized carbons (Fsp3) is 0.143. The van der Waals surface area contributed by atoms with Crippen molar-refractivity contribution in [2.45, 2.75) is 19.7 Å². The summed E-state index contributed by atoms with van der Waals surface area (Å²) in [5.74, 6) is 0.134. The van der Waals surface area contributed by atoms with E-state index in [1.807, 2.05) is 6.07 Å². The van der Waals surface area contributed by atoms with Crippen LogP contribution in [0.4, 0.5) is 4.39 Å². The highest BCUT2D eigenvalue weighted by Crippen LogP contribution is 2.21. The number of rotatable bonds is 7. The van der Waals surface area contributed by atoms with Crippen molar-refractivity contribution in [1.29, 1.82) is 0 Å². The largest absolute Gasteiger partial charge is 0.486 e. The van der Waals surface area contributed by atoms with Crippen molar-refractivity contribution in [1.82, 2.24) is 25.3 Å². The summed E-state index contributed by atoms with van der Waals surface area (Å²) < 4.78 is 18.9. The van der Waals surface area contributed by atoms with Crippen molar-refractivity contribution in [2.24, 2.45) is 0 Å². The Morgan fingerprint density at radius 2 is 1.90 bits per heavy atom. The number of aromatic nitrogens is 4. The summed E-state index contributed by atoms with van der Waals surface area (Å²) in [6, 6.07) is 9.25. The van der Waals surface area contributed by atoms with E-state index in [0.717, 1.165) is 5.56 Å². The molecule has 0 bridgehead atoms.